The Hall–Kier alpha value is -1.26. The van der Waals surface area contributed by atoms with E-state index < -0.39 is 17.4 Å². The van der Waals surface area contributed by atoms with E-state index in [1.807, 2.05) is 0 Å². The molecule has 0 saturated carbocycles. The summed E-state index contributed by atoms with van der Waals surface area (Å²) in [6, 6.07) is 4.61. The first-order chi connectivity index (χ1) is 13.9. The fraction of sp³-hybridized carbons (Fsp3) is 0.652. The zero-order valence-corrected chi connectivity index (χ0v) is 19.4. The highest BCUT2D eigenvalue weighted by atomic mass is 35.5. The van der Waals surface area contributed by atoms with E-state index in [1.165, 1.54) is 38.2 Å². The summed E-state index contributed by atoms with van der Waals surface area (Å²) in [6.45, 7) is 6.09. The lowest BCUT2D eigenvalue weighted by molar-refractivity contribution is -0.168. The monoisotopic (exact) mass is 444 g/mol. The molecule has 0 bridgehead atoms. The van der Waals surface area contributed by atoms with E-state index in [9.17, 15) is 9.59 Å². The van der Waals surface area contributed by atoms with Crippen molar-refractivity contribution in [3.05, 3.63) is 28.2 Å². The second-order valence-electron chi connectivity index (χ2n) is 7.36. The number of ether oxygens (including phenoxy) is 2. The lowest BCUT2D eigenvalue weighted by atomic mass is 9.82. The van der Waals surface area contributed by atoms with Crippen LogP contribution in [-0.4, -0.2) is 18.5 Å². The third-order valence-corrected chi connectivity index (χ3v) is 5.86. The van der Waals surface area contributed by atoms with Crippen molar-refractivity contribution in [1.82, 2.24) is 0 Å². The Morgan fingerprint density at radius 3 is 2.03 bits per heavy atom. The molecule has 29 heavy (non-hydrogen) atoms. The molecule has 0 atom stereocenters. The molecule has 0 saturated heterocycles. The molecule has 0 aromatic heterocycles. The predicted octanol–water partition coefficient (Wildman–Crippen LogP) is 7.39. The number of carbonyl (C=O) groups excluding carboxylic acids is 2. The Balaban J connectivity index is 2.55. The van der Waals surface area contributed by atoms with Crippen LogP contribution in [0, 0.1) is 5.41 Å². The van der Waals surface area contributed by atoms with Gasteiger partial charge in [0.15, 0.2) is 11.2 Å². The molecular weight excluding hydrogens is 411 g/mol. The predicted molar refractivity (Wildman–Crippen MR) is 119 cm³/mol. The maximum Gasteiger partial charge on any atom is 0.328 e. The van der Waals surface area contributed by atoms with Crippen LogP contribution in [-0.2, 0) is 14.3 Å². The smallest absolute Gasteiger partial charge is 0.328 e. The van der Waals surface area contributed by atoms with E-state index in [-0.39, 0.29) is 23.6 Å². The summed E-state index contributed by atoms with van der Waals surface area (Å²) < 4.78 is 10.9. The third-order valence-electron chi connectivity index (χ3n) is 5.32. The summed E-state index contributed by atoms with van der Waals surface area (Å²) in [5.74, 6) is -1.05. The zero-order chi connectivity index (χ0) is 21.7. The van der Waals surface area contributed by atoms with E-state index in [0.29, 0.717) is 11.6 Å². The topological polar surface area (TPSA) is 52.6 Å². The highest BCUT2D eigenvalue weighted by molar-refractivity contribution is 6.34. The number of unbranched alkanes of at least 4 members (excludes halogenated alkanes) is 7. The molecule has 0 unspecified atom stereocenters. The Morgan fingerprint density at radius 2 is 1.45 bits per heavy atom. The van der Waals surface area contributed by atoms with Crippen molar-refractivity contribution in [3.63, 3.8) is 0 Å². The number of carbonyl (C=O) groups is 2. The van der Waals surface area contributed by atoms with Gasteiger partial charge in [-0.2, -0.15) is 0 Å². The van der Waals surface area contributed by atoms with Gasteiger partial charge in [-0.25, -0.2) is 0 Å². The minimum absolute atomic E-state index is 0.145. The lowest BCUT2D eigenvalue weighted by Crippen LogP contribution is -2.42. The van der Waals surface area contributed by atoms with Crippen LogP contribution in [0.4, 0.5) is 0 Å². The van der Waals surface area contributed by atoms with Crippen molar-refractivity contribution in [3.8, 4) is 5.75 Å². The molecule has 0 aliphatic heterocycles. The molecule has 6 heteroatoms. The maximum absolute atomic E-state index is 12.8. The minimum atomic E-state index is -1.34. The number of benzene rings is 1. The van der Waals surface area contributed by atoms with Gasteiger partial charge in [0.05, 0.1) is 11.6 Å². The van der Waals surface area contributed by atoms with Gasteiger partial charge in [-0.1, -0.05) is 88.9 Å². The molecule has 1 rings (SSSR count). The fourth-order valence-corrected chi connectivity index (χ4v) is 3.52. The summed E-state index contributed by atoms with van der Waals surface area (Å²) in [5.41, 5.74) is -1.34. The molecule has 164 valence electrons. The van der Waals surface area contributed by atoms with Crippen molar-refractivity contribution in [2.24, 2.45) is 5.41 Å². The molecule has 0 aliphatic rings. The number of hydrogen-bond donors (Lipinski definition) is 0. The molecule has 0 heterocycles. The van der Waals surface area contributed by atoms with E-state index in [0.717, 1.165) is 19.3 Å². The molecule has 1 aromatic rings. The molecule has 0 spiro atoms. The Morgan fingerprint density at radius 1 is 0.862 bits per heavy atom. The van der Waals surface area contributed by atoms with E-state index >= 15 is 0 Å². The summed E-state index contributed by atoms with van der Waals surface area (Å²) in [6.07, 6.45) is 9.86. The van der Waals surface area contributed by atoms with Crippen molar-refractivity contribution in [2.75, 3.05) is 6.61 Å². The van der Waals surface area contributed by atoms with E-state index in [2.05, 4.69) is 6.92 Å². The van der Waals surface area contributed by atoms with Crippen molar-refractivity contribution >= 4 is 35.1 Å². The molecule has 0 radical (unpaired) electrons. The van der Waals surface area contributed by atoms with Crippen molar-refractivity contribution < 1.29 is 19.1 Å². The van der Waals surface area contributed by atoms with Crippen LogP contribution in [0.25, 0.3) is 0 Å². The quantitative estimate of drug-likeness (QED) is 0.130. The molecule has 1 aromatic carbocycles. The van der Waals surface area contributed by atoms with Crippen LogP contribution in [0.5, 0.6) is 5.75 Å². The second-order valence-corrected chi connectivity index (χ2v) is 8.21. The highest BCUT2D eigenvalue weighted by Crippen LogP contribution is 2.34. The van der Waals surface area contributed by atoms with Gasteiger partial charge in [0.2, 0.25) is 0 Å². The third kappa shape index (κ3) is 8.18. The standard InChI is InChI=1S/C23H34Cl2O4/c1-4-7-8-9-10-11-12-13-16-28-21(26)23(5-2,6-3)22(27)29-20-17-18(24)14-15-19(20)25/h14-15,17H,4-13,16H2,1-3H3. The molecule has 0 N–H and O–H groups in total. The minimum Gasteiger partial charge on any atom is -0.465 e. The average molecular weight is 445 g/mol. The maximum atomic E-state index is 12.8. The molecule has 0 amide bonds. The summed E-state index contributed by atoms with van der Waals surface area (Å²) in [5, 5.41) is 0.657. The van der Waals surface area contributed by atoms with Crippen LogP contribution < -0.4 is 4.74 Å². The Bertz CT molecular complexity index is 642. The molecule has 0 fully saturated rings. The van der Waals surface area contributed by atoms with Gasteiger partial charge in [0.25, 0.3) is 0 Å². The lowest BCUT2D eigenvalue weighted by Gasteiger charge is -2.27. The normalized spacial score (nSPS) is 11.3. The van der Waals surface area contributed by atoms with Crippen LogP contribution >= 0.6 is 23.2 Å². The summed E-state index contributed by atoms with van der Waals surface area (Å²) >= 11 is 12.0. The van der Waals surface area contributed by atoms with Gasteiger partial charge >= 0.3 is 11.9 Å². The van der Waals surface area contributed by atoms with E-state index in [4.69, 9.17) is 32.7 Å². The zero-order valence-electron chi connectivity index (χ0n) is 17.9. The summed E-state index contributed by atoms with van der Waals surface area (Å²) in [4.78, 5) is 25.6. The molecular formula is C23H34Cl2O4. The molecule has 4 nitrogen and oxygen atoms in total. The van der Waals surface area contributed by atoms with Crippen molar-refractivity contribution in [1.29, 1.82) is 0 Å². The number of hydrogen-bond acceptors (Lipinski definition) is 4. The highest BCUT2D eigenvalue weighted by Gasteiger charge is 2.46. The summed E-state index contributed by atoms with van der Waals surface area (Å²) in [7, 11) is 0. The van der Waals surface area contributed by atoms with E-state index in [1.54, 1.807) is 26.0 Å². The first-order valence-corrected chi connectivity index (χ1v) is 11.5. The van der Waals surface area contributed by atoms with Gasteiger partial charge < -0.3 is 9.47 Å². The van der Waals surface area contributed by atoms with Gasteiger partial charge in [-0.15, -0.1) is 0 Å². The second kappa shape index (κ2) is 13.9. The fourth-order valence-electron chi connectivity index (χ4n) is 3.20. The van der Waals surface area contributed by atoms with Crippen LogP contribution in [0.3, 0.4) is 0 Å². The van der Waals surface area contributed by atoms with Gasteiger partial charge in [0, 0.05) is 11.1 Å². The average Bonchev–Trinajstić information content (AvgIpc) is 2.71. The molecule has 0 aliphatic carbocycles. The van der Waals surface area contributed by atoms with Crippen LogP contribution in [0.1, 0.15) is 85.0 Å². The van der Waals surface area contributed by atoms with Crippen molar-refractivity contribution in [2.45, 2.75) is 85.0 Å². The number of halogens is 2. The van der Waals surface area contributed by atoms with Gasteiger partial charge in [-0.05, 0) is 31.4 Å². The number of rotatable bonds is 14. The Kier molecular flexibility index (Phi) is 12.3. The van der Waals surface area contributed by atoms with Gasteiger partial charge in [0.1, 0.15) is 0 Å². The Labute approximate surface area is 185 Å². The van der Waals surface area contributed by atoms with Crippen LogP contribution in [0.15, 0.2) is 18.2 Å². The largest absolute Gasteiger partial charge is 0.465 e. The SMILES string of the molecule is CCCCCCCCCCOC(=O)C(CC)(CC)C(=O)Oc1cc(Cl)ccc1Cl. The van der Waals surface area contributed by atoms with Gasteiger partial charge in [-0.3, -0.25) is 9.59 Å². The number of esters is 2. The first kappa shape index (κ1) is 25.8. The van der Waals surface area contributed by atoms with Crippen LogP contribution in [0.2, 0.25) is 10.0 Å². The first-order valence-electron chi connectivity index (χ1n) is 10.8.